The van der Waals surface area contributed by atoms with Gasteiger partial charge in [-0.05, 0) is 35.4 Å². The largest absolute Gasteiger partial charge is 0.371 e. The van der Waals surface area contributed by atoms with Crippen LogP contribution in [0.15, 0.2) is 61.2 Å². The van der Waals surface area contributed by atoms with Gasteiger partial charge in [-0.15, -0.1) is 11.3 Å². The lowest BCUT2D eigenvalue weighted by molar-refractivity contribution is 0.0951. The Morgan fingerprint density at radius 2 is 2.00 bits per heavy atom. The van der Waals surface area contributed by atoms with Crippen LogP contribution >= 0.6 is 11.3 Å². The second-order valence-corrected chi connectivity index (χ2v) is 8.26. The number of amides is 1. The fraction of sp³-hybridized carbons (Fsp3) is 0.130. The number of nitrogens with zero attached hydrogens (tertiary/aromatic N) is 4. The molecular formula is C23H20N6OS. The van der Waals surface area contributed by atoms with E-state index in [4.69, 9.17) is 4.98 Å². The number of aromatic nitrogens is 4. The van der Waals surface area contributed by atoms with Crippen LogP contribution in [0.3, 0.4) is 0 Å². The summed E-state index contributed by atoms with van der Waals surface area (Å²) in [5.74, 6) is 0.664. The minimum absolute atomic E-state index is 0.114. The molecule has 0 fully saturated rings. The van der Waals surface area contributed by atoms with Gasteiger partial charge < -0.3 is 15.2 Å². The molecule has 2 N–H and O–H groups in total. The molecule has 0 aliphatic rings. The number of hydrogen-bond acceptors (Lipinski definition) is 6. The van der Waals surface area contributed by atoms with Gasteiger partial charge >= 0.3 is 0 Å². The van der Waals surface area contributed by atoms with Crippen LogP contribution < -0.4 is 10.6 Å². The van der Waals surface area contributed by atoms with E-state index in [0.29, 0.717) is 12.1 Å². The summed E-state index contributed by atoms with van der Waals surface area (Å²) in [6.45, 7) is 0.452. The molecule has 5 rings (SSSR count). The molecule has 4 heterocycles. The third kappa shape index (κ3) is 3.51. The Morgan fingerprint density at radius 1 is 1.16 bits per heavy atom. The first kappa shape index (κ1) is 19.2. The SMILES string of the molecule is CNc1nc2cc(-c3cccc(CNC(=O)c4ccncc4)c3)sc2c2c1ncn2C. The molecular weight excluding hydrogens is 408 g/mol. The van der Waals surface area contributed by atoms with Gasteiger partial charge in [-0.1, -0.05) is 18.2 Å². The van der Waals surface area contributed by atoms with Gasteiger partial charge in [0.05, 0.1) is 22.1 Å². The fourth-order valence-corrected chi connectivity index (χ4v) is 4.80. The molecule has 1 amide bonds. The summed E-state index contributed by atoms with van der Waals surface area (Å²) in [4.78, 5) is 26.7. The van der Waals surface area contributed by atoms with Crippen molar-refractivity contribution in [3.63, 3.8) is 0 Å². The first-order chi connectivity index (χ1) is 15.1. The van der Waals surface area contributed by atoms with Crippen molar-refractivity contribution in [3.05, 3.63) is 72.3 Å². The number of aryl methyl sites for hydroxylation is 1. The standard InChI is InChI=1S/C23H20N6OS/c1-24-22-19-20(29(2)13-27-19)21-17(28-22)11-18(31-21)16-5-3-4-14(10-16)12-26-23(30)15-6-8-25-9-7-15/h3-11,13H,12H2,1-2H3,(H,24,28)(H,26,30). The van der Waals surface area contributed by atoms with Gasteiger partial charge in [-0.3, -0.25) is 9.78 Å². The van der Waals surface area contributed by atoms with Gasteiger partial charge in [-0.25, -0.2) is 9.97 Å². The molecule has 0 atom stereocenters. The Kier molecular flexibility index (Phi) is 4.83. The van der Waals surface area contributed by atoms with E-state index in [1.165, 1.54) is 0 Å². The monoisotopic (exact) mass is 428 g/mol. The quantitative estimate of drug-likeness (QED) is 0.438. The summed E-state index contributed by atoms with van der Waals surface area (Å²) >= 11 is 1.70. The molecule has 8 heteroatoms. The van der Waals surface area contributed by atoms with Crippen molar-refractivity contribution < 1.29 is 4.79 Å². The minimum atomic E-state index is -0.114. The van der Waals surface area contributed by atoms with Crippen LogP contribution in [-0.4, -0.2) is 32.5 Å². The molecule has 154 valence electrons. The summed E-state index contributed by atoms with van der Waals surface area (Å²) in [6, 6.07) is 13.7. The number of rotatable bonds is 5. The molecule has 1 aromatic carbocycles. The highest BCUT2D eigenvalue weighted by atomic mass is 32.1. The Morgan fingerprint density at radius 3 is 2.81 bits per heavy atom. The molecule has 0 saturated heterocycles. The van der Waals surface area contributed by atoms with Crippen molar-refractivity contribution in [1.29, 1.82) is 0 Å². The first-order valence-electron chi connectivity index (χ1n) is 9.84. The number of hydrogen-bond donors (Lipinski definition) is 2. The van der Waals surface area contributed by atoms with E-state index in [1.54, 1.807) is 35.9 Å². The second kappa shape index (κ2) is 7.81. The van der Waals surface area contributed by atoms with E-state index in [2.05, 4.69) is 38.8 Å². The van der Waals surface area contributed by atoms with E-state index in [9.17, 15) is 4.79 Å². The maximum Gasteiger partial charge on any atom is 0.251 e. The summed E-state index contributed by atoms with van der Waals surface area (Å²) in [5.41, 5.74) is 5.62. The molecule has 0 spiro atoms. The lowest BCUT2D eigenvalue weighted by atomic mass is 10.1. The summed E-state index contributed by atoms with van der Waals surface area (Å²) in [5, 5.41) is 6.12. The predicted octanol–water partition coefficient (Wildman–Crippen LogP) is 4.22. The maximum absolute atomic E-state index is 12.3. The third-order valence-corrected chi connectivity index (χ3v) is 6.35. The van der Waals surface area contributed by atoms with Gasteiger partial charge in [0.25, 0.3) is 5.91 Å². The van der Waals surface area contributed by atoms with Crippen LogP contribution in [0.2, 0.25) is 0 Å². The zero-order valence-electron chi connectivity index (χ0n) is 17.1. The minimum Gasteiger partial charge on any atom is -0.371 e. The lowest BCUT2D eigenvalue weighted by Gasteiger charge is -2.07. The van der Waals surface area contributed by atoms with Crippen LogP contribution in [0.1, 0.15) is 15.9 Å². The molecule has 5 aromatic rings. The van der Waals surface area contributed by atoms with Crippen molar-refractivity contribution in [2.45, 2.75) is 6.54 Å². The summed E-state index contributed by atoms with van der Waals surface area (Å²) in [7, 11) is 3.86. The molecule has 0 saturated carbocycles. The van der Waals surface area contributed by atoms with Crippen molar-refractivity contribution in [1.82, 2.24) is 24.8 Å². The summed E-state index contributed by atoms with van der Waals surface area (Å²) < 4.78 is 3.14. The zero-order chi connectivity index (χ0) is 21.4. The zero-order valence-corrected chi connectivity index (χ0v) is 17.9. The summed E-state index contributed by atoms with van der Waals surface area (Å²) in [6.07, 6.45) is 5.05. The van der Waals surface area contributed by atoms with E-state index in [1.807, 2.05) is 37.1 Å². The number of nitrogens with one attached hydrogen (secondary N) is 2. The maximum atomic E-state index is 12.3. The van der Waals surface area contributed by atoms with E-state index < -0.39 is 0 Å². The van der Waals surface area contributed by atoms with Crippen molar-refractivity contribution in [3.8, 4) is 10.4 Å². The Balaban J connectivity index is 1.46. The van der Waals surface area contributed by atoms with Gasteiger partial charge in [0.2, 0.25) is 0 Å². The Bertz CT molecular complexity index is 1410. The van der Waals surface area contributed by atoms with Gasteiger partial charge in [0.15, 0.2) is 5.82 Å². The highest BCUT2D eigenvalue weighted by Gasteiger charge is 2.16. The topological polar surface area (TPSA) is 84.7 Å². The number of pyridine rings is 2. The molecule has 0 bridgehead atoms. The number of benzene rings is 1. The highest BCUT2D eigenvalue weighted by molar-refractivity contribution is 7.23. The fourth-order valence-electron chi connectivity index (χ4n) is 3.62. The van der Waals surface area contributed by atoms with Crippen molar-refractivity contribution in [2.75, 3.05) is 12.4 Å². The molecule has 4 aromatic heterocycles. The number of carbonyl (C=O) groups excluding carboxylic acids is 1. The molecule has 0 radical (unpaired) electrons. The lowest BCUT2D eigenvalue weighted by Crippen LogP contribution is -2.22. The Hall–Kier alpha value is -3.78. The van der Waals surface area contributed by atoms with Crippen LogP contribution in [0, 0.1) is 0 Å². The number of carbonyl (C=O) groups is 1. The number of anilines is 1. The smallest absolute Gasteiger partial charge is 0.251 e. The van der Waals surface area contributed by atoms with Crippen LogP contribution in [-0.2, 0) is 13.6 Å². The average molecular weight is 429 g/mol. The molecule has 0 aliphatic carbocycles. The average Bonchev–Trinajstić information content (AvgIpc) is 3.41. The van der Waals surface area contributed by atoms with Crippen LogP contribution in [0.5, 0.6) is 0 Å². The normalized spacial score (nSPS) is 11.2. The molecule has 31 heavy (non-hydrogen) atoms. The van der Waals surface area contributed by atoms with E-state index in [-0.39, 0.29) is 5.91 Å². The third-order valence-electron chi connectivity index (χ3n) is 5.17. The Labute approximate surface area is 182 Å². The highest BCUT2D eigenvalue weighted by Crippen LogP contribution is 2.38. The van der Waals surface area contributed by atoms with Gasteiger partial charge in [0, 0.05) is 43.5 Å². The predicted molar refractivity (Wildman–Crippen MR) is 124 cm³/mol. The molecule has 0 aliphatic heterocycles. The van der Waals surface area contributed by atoms with Crippen molar-refractivity contribution in [2.24, 2.45) is 7.05 Å². The number of imidazole rings is 1. The van der Waals surface area contributed by atoms with Crippen LogP contribution in [0.4, 0.5) is 5.82 Å². The van der Waals surface area contributed by atoms with Crippen LogP contribution in [0.25, 0.3) is 31.7 Å². The van der Waals surface area contributed by atoms with Crippen molar-refractivity contribution >= 4 is 44.3 Å². The number of fused-ring (bicyclic) bond motifs is 3. The van der Waals surface area contributed by atoms with Gasteiger partial charge in [0.1, 0.15) is 5.52 Å². The first-order valence-corrected chi connectivity index (χ1v) is 10.7. The van der Waals surface area contributed by atoms with Gasteiger partial charge in [-0.2, -0.15) is 0 Å². The molecule has 7 nitrogen and oxygen atoms in total. The van der Waals surface area contributed by atoms with E-state index >= 15 is 0 Å². The second-order valence-electron chi connectivity index (χ2n) is 7.21. The molecule has 0 unspecified atom stereocenters. The number of thiophene rings is 1. The van der Waals surface area contributed by atoms with E-state index in [0.717, 1.165) is 43.1 Å².